The van der Waals surface area contributed by atoms with E-state index in [1.807, 2.05) is 6.08 Å². The van der Waals surface area contributed by atoms with Crippen LogP contribution in [0.2, 0.25) is 0 Å². The third-order valence-corrected chi connectivity index (χ3v) is 16.0. The lowest BCUT2D eigenvalue weighted by molar-refractivity contribution is -0.359. The van der Waals surface area contributed by atoms with Crippen molar-refractivity contribution >= 4 is 5.91 Å². The summed E-state index contributed by atoms with van der Waals surface area (Å²) in [7, 11) is 0. The lowest BCUT2D eigenvalue weighted by atomic mass is 9.97. The molecule has 1 amide bonds. The summed E-state index contributed by atoms with van der Waals surface area (Å²) in [6, 6.07) is -0.944. The molecule has 2 aliphatic rings. The van der Waals surface area contributed by atoms with E-state index in [-0.39, 0.29) is 18.9 Å². The molecule has 2 fully saturated rings. The van der Waals surface area contributed by atoms with Gasteiger partial charge in [-0.15, -0.1) is 0 Å². The molecule has 0 radical (unpaired) electrons. The number of unbranched alkanes of at least 4 members (excludes halogenated alkanes) is 27. The Hall–Kier alpha value is -3.09. The Morgan fingerprint density at radius 2 is 0.824 bits per heavy atom. The van der Waals surface area contributed by atoms with Gasteiger partial charge in [-0.25, -0.2) is 0 Å². The molecule has 490 valence electrons. The van der Waals surface area contributed by atoms with Gasteiger partial charge in [-0.1, -0.05) is 259 Å². The number of allylic oxidation sites excluding steroid dienone is 15. The number of amides is 1. The van der Waals surface area contributed by atoms with Crippen molar-refractivity contribution in [2.45, 2.75) is 325 Å². The zero-order valence-corrected chi connectivity index (χ0v) is 53.1. The molecule has 2 rings (SSSR count). The molecule has 85 heavy (non-hydrogen) atoms. The molecule has 0 bridgehead atoms. The standard InChI is InChI=1S/C71H123NO13/c1-3-5-7-9-11-13-15-17-19-21-23-25-27-29-30-31-33-35-37-39-41-43-45-47-49-51-53-55-63(76)72-59(58-82-70-68(81)66(79)69(62(57-74)84-70)85-71-67(80)65(78)64(77)61(56-73)83-71)60(75)54-52-50-48-46-44-42-40-38-36-34-32-28-26-24-22-20-18-16-14-12-10-8-6-4-2/h5,7,11,13,17,19,23,25,29-30,33,35,44,46,52,54,59-62,64-71,73-75,77-81H,3-4,6,8-10,12,14-16,18,20-22,24,26-28,31-32,34,36-43,45,47-51,53,55-58H2,1-2H3,(H,72,76)/b7-5-,13-11-,19-17-,25-23-,30-29-,35-33-,46-44+,54-52+. The fourth-order valence-electron chi connectivity index (χ4n) is 10.6. The predicted octanol–water partition coefficient (Wildman–Crippen LogP) is 13.4. The van der Waals surface area contributed by atoms with Gasteiger partial charge in [0.2, 0.25) is 5.91 Å². The van der Waals surface area contributed by atoms with Crippen molar-refractivity contribution in [1.29, 1.82) is 0 Å². The highest BCUT2D eigenvalue weighted by Gasteiger charge is 2.51. The summed E-state index contributed by atoms with van der Waals surface area (Å²) in [6.07, 6.45) is 60.2. The van der Waals surface area contributed by atoms with Gasteiger partial charge in [0, 0.05) is 6.42 Å². The molecule has 0 aromatic rings. The molecule has 0 aromatic carbocycles. The van der Waals surface area contributed by atoms with Gasteiger partial charge in [0.1, 0.15) is 48.8 Å². The molecule has 12 unspecified atom stereocenters. The molecule has 0 aliphatic carbocycles. The van der Waals surface area contributed by atoms with Crippen molar-refractivity contribution in [3.05, 3.63) is 97.2 Å². The van der Waals surface area contributed by atoms with Crippen LogP contribution in [0, 0.1) is 0 Å². The first-order valence-corrected chi connectivity index (χ1v) is 34.0. The average molecular weight is 1200 g/mol. The van der Waals surface area contributed by atoms with Crippen molar-refractivity contribution < 1.29 is 64.6 Å². The van der Waals surface area contributed by atoms with E-state index in [0.29, 0.717) is 12.8 Å². The van der Waals surface area contributed by atoms with Gasteiger partial charge in [0.25, 0.3) is 0 Å². The molecule has 0 saturated carbocycles. The Balaban J connectivity index is 1.73. The lowest BCUT2D eigenvalue weighted by Crippen LogP contribution is -2.65. The van der Waals surface area contributed by atoms with Crippen molar-refractivity contribution in [3.8, 4) is 0 Å². The minimum absolute atomic E-state index is 0.258. The van der Waals surface area contributed by atoms with Crippen LogP contribution in [0.4, 0.5) is 0 Å². The summed E-state index contributed by atoms with van der Waals surface area (Å²) in [4.78, 5) is 13.3. The Kier molecular flexibility index (Phi) is 50.5. The maximum absolute atomic E-state index is 13.3. The first-order chi connectivity index (χ1) is 41.6. The second-order valence-corrected chi connectivity index (χ2v) is 23.6. The highest BCUT2D eigenvalue weighted by molar-refractivity contribution is 5.76. The Bertz CT molecular complexity index is 1800. The zero-order chi connectivity index (χ0) is 61.6. The molecule has 2 saturated heterocycles. The highest BCUT2D eigenvalue weighted by Crippen LogP contribution is 2.30. The van der Waals surface area contributed by atoms with Crippen LogP contribution in [0.25, 0.3) is 0 Å². The second-order valence-electron chi connectivity index (χ2n) is 23.6. The number of aliphatic hydroxyl groups is 8. The van der Waals surface area contributed by atoms with E-state index in [2.05, 4.69) is 104 Å². The molecule has 9 N–H and O–H groups in total. The van der Waals surface area contributed by atoms with Crippen LogP contribution in [-0.4, -0.2) is 140 Å². The van der Waals surface area contributed by atoms with Gasteiger partial charge >= 0.3 is 0 Å². The first kappa shape index (κ1) is 78.0. The van der Waals surface area contributed by atoms with Crippen LogP contribution in [0.1, 0.15) is 251 Å². The summed E-state index contributed by atoms with van der Waals surface area (Å²) >= 11 is 0. The maximum Gasteiger partial charge on any atom is 0.220 e. The molecular formula is C71H123NO13. The number of hydrogen-bond donors (Lipinski definition) is 9. The Morgan fingerprint density at radius 1 is 0.435 bits per heavy atom. The number of nitrogens with one attached hydrogen (secondary N) is 1. The largest absolute Gasteiger partial charge is 0.394 e. The van der Waals surface area contributed by atoms with E-state index in [1.54, 1.807) is 6.08 Å². The van der Waals surface area contributed by atoms with Crippen LogP contribution in [-0.2, 0) is 23.7 Å². The van der Waals surface area contributed by atoms with Crippen molar-refractivity contribution in [2.24, 2.45) is 0 Å². The lowest BCUT2D eigenvalue weighted by Gasteiger charge is -2.46. The van der Waals surface area contributed by atoms with Gasteiger partial charge < -0.3 is 65.1 Å². The Morgan fingerprint density at radius 3 is 1.29 bits per heavy atom. The first-order valence-electron chi connectivity index (χ1n) is 34.0. The van der Waals surface area contributed by atoms with Gasteiger partial charge in [0.15, 0.2) is 12.6 Å². The fourth-order valence-corrected chi connectivity index (χ4v) is 10.6. The number of carbonyl (C=O) groups excluding carboxylic acids is 1. The van der Waals surface area contributed by atoms with Gasteiger partial charge in [0.05, 0.1) is 32.0 Å². The summed E-state index contributed by atoms with van der Waals surface area (Å²) in [5.74, 6) is -0.260. The van der Waals surface area contributed by atoms with Crippen LogP contribution in [0.3, 0.4) is 0 Å². The minimum atomic E-state index is -1.80. The average Bonchev–Trinajstić information content (AvgIpc) is 3.68. The third-order valence-electron chi connectivity index (χ3n) is 16.0. The topological polar surface area (TPSA) is 228 Å². The number of carbonyl (C=O) groups is 1. The van der Waals surface area contributed by atoms with E-state index in [4.69, 9.17) is 18.9 Å². The third kappa shape index (κ3) is 39.5. The highest BCUT2D eigenvalue weighted by atomic mass is 16.7. The molecular weight excluding hydrogens is 1070 g/mol. The maximum atomic E-state index is 13.3. The van der Waals surface area contributed by atoms with Crippen LogP contribution in [0.5, 0.6) is 0 Å². The molecule has 14 heteroatoms. The van der Waals surface area contributed by atoms with Crippen molar-refractivity contribution in [1.82, 2.24) is 5.32 Å². The second kappa shape index (κ2) is 55.0. The Labute approximate surface area is 515 Å². The minimum Gasteiger partial charge on any atom is -0.394 e. The predicted molar refractivity (Wildman–Crippen MR) is 346 cm³/mol. The molecule has 2 aliphatic heterocycles. The van der Waals surface area contributed by atoms with Gasteiger partial charge in [-0.05, 0) is 83.5 Å². The molecule has 2 heterocycles. The molecule has 0 spiro atoms. The van der Waals surface area contributed by atoms with E-state index in [0.717, 1.165) is 83.5 Å². The molecule has 12 atom stereocenters. The van der Waals surface area contributed by atoms with E-state index in [9.17, 15) is 45.6 Å². The summed E-state index contributed by atoms with van der Waals surface area (Å²) < 4.78 is 22.8. The van der Waals surface area contributed by atoms with Gasteiger partial charge in [-0.2, -0.15) is 0 Å². The van der Waals surface area contributed by atoms with Gasteiger partial charge in [-0.3, -0.25) is 4.79 Å². The smallest absolute Gasteiger partial charge is 0.220 e. The van der Waals surface area contributed by atoms with E-state index >= 15 is 0 Å². The number of ether oxygens (including phenoxy) is 4. The summed E-state index contributed by atoms with van der Waals surface area (Å²) in [6.45, 7) is 2.68. The number of hydrogen-bond acceptors (Lipinski definition) is 13. The quantitative estimate of drug-likeness (QED) is 0.0204. The molecule has 0 aromatic heterocycles. The van der Waals surface area contributed by atoms with Crippen LogP contribution in [0.15, 0.2) is 97.2 Å². The summed E-state index contributed by atoms with van der Waals surface area (Å²) in [5, 5.41) is 87.4. The fraction of sp³-hybridized carbons (Fsp3) is 0.761. The molecule has 14 nitrogen and oxygen atoms in total. The van der Waals surface area contributed by atoms with Crippen molar-refractivity contribution in [2.75, 3.05) is 19.8 Å². The summed E-state index contributed by atoms with van der Waals surface area (Å²) in [5.41, 5.74) is 0. The number of aliphatic hydroxyl groups excluding tert-OH is 8. The normalized spacial score (nSPS) is 24.2. The van der Waals surface area contributed by atoms with E-state index < -0.39 is 86.8 Å². The SMILES string of the molecule is CC/C=C\C/C=C\C/C=C\C/C=C\C/C=C\C/C=C\CCCCCCCCCCC(=O)NC(COC1OC(CO)C(OC2OC(CO)C(O)C(O)C2O)C(O)C1O)C(O)/C=C/CC/C=C/CCCCCCCCCCCCCCCCCCCC. The van der Waals surface area contributed by atoms with Crippen LogP contribution >= 0.6 is 0 Å². The van der Waals surface area contributed by atoms with Crippen molar-refractivity contribution in [3.63, 3.8) is 0 Å². The van der Waals surface area contributed by atoms with Crippen LogP contribution < -0.4 is 5.32 Å². The monoisotopic (exact) mass is 1200 g/mol. The number of rotatable bonds is 54. The zero-order valence-electron chi connectivity index (χ0n) is 53.1. The van der Waals surface area contributed by atoms with E-state index in [1.165, 1.54) is 135 Å².